The predicted molar refractivity (Wildman–Crippen MR) is 138 cm³/mol. The van der Waals surface area contributed by atoms with E-state index in [9.17, 15) is 14.9 Å². The maximum absolute atomic E-state index is 13.7. The van der Waals surface area contributed by atoms with Crippen LogP contribution in [0.3, 0.4) is 0 Å². The summed E-state index contributed by atoms with van der Waals surface area (Å²) in [4.78, 5) is 29.2. The Labute approximate surface area is 209 Å². The van der Waals surface area contributed by atoms with Gasteiger partial charge in [-0.3, -0.25) is 14.9 Å². The van der Waals surface area contributed by atoms with E-state index >= 15 is 0 Å². The molecular formula is C27H27ClN4O3. The standard InChI is InChI=1S/C27H27ClN4O3/c1-18(19-7-3-2-4-8-19)29-27(33)22-16-20-15-21(32(34)35)11-12-24(20)31-14-13-30(17-26(22)31)25-10-6-5-9-23(25)28/h2-12,15,18,22,26H,13-14,16-17H2,1H3,(H,29,33). The average Bonchev–Trinajstić information content (AvgIpc) is 2.88. The van der Waals surface area contributed by atoms with Crippen LogP contribution in [0.4, 0.5) is 17.1 Å². The molecule has 180 valence electrons. The first-order valence-corrected chi connectivity index (χ1v) is 12.2. The van der Waals surface area contributed by atoms with Crippen molar-refractivity contribution in [2.24, 2.45) is 5.92 Å². The molecule has 5 rings (SSSR count). The fourth-order valence-electron chi connectivity index (χ4n) is 5.30. The van der Waals surface area contributed by atoms with Gasteiger partial charge in [0.15, 0.2) is 0 Å². The maximum atomic E-state index is 13.7. The molecule has 0 aliphatic carbocycles. The van der Waals surface area contributed by atoms with E-state index in [1.165, 1.54) is 0 Å². The lowest BCUT2D eigenvalue weighted by Crippen LogP contribution is -2.61. The highest BCUT2D eigenvalue weighted by atomic mass is 35.5. The third kappa shape index (κ3) is 4.56. The van der Waals surface area contributed by atoms with Gasteiger partial charge in [-0.25, -0.2) is 0 Å². The number of nitro benzene ring substituents is 1. The Morgan fingerprint density at radius 3 is 2.54 bits per heavy atom. The SMILES string of the molecule is CC(NC(=O)C1Cc2cc([N+](=O)[O-])ccc2N2CCN(c3ccccc3Cl)CC12)c1ccccc1. The number of nitrogens with zero attached hydrogens (tertiary/aromatic N) is 3. The number of carbonyl (C=O) groups excluding carboxylic acids is 1. The largest absolute Gasteiger partial charge is 0.366 e. The minimum absolute atomic E-state index is 0.0467. The van der Waals surface area contributed by atoms with Gasteiger partial charge < -0.3 is 15.1 Å². The number of piperazine rings is 1. The number of nitrogens with one attached hydrogen (secondary N) is 1. The highest BCUT2D eigenvalue weighted by molar-refractivity contribution is 6.33. The first-order chi connectivity index (χ1) is 16.9. The van der Waals surface area contributed by atoms with Crippen LogP contribution in [0.25, 0.3) is 0 Å². The fraction of sp³-hybridized carbons (Fsp3) is 0.296. The number of nitro groups is 1. The van der Waals surface area contributed by atoms with E-state index in [2.05, 4.69) is 15.1 Å². The highest BCUT2D eigenvalue weighted by Gasteiger charge is 2.42. The summed E-state index contributed by atoms with van der Waals surface area (Å²) in [5, 5.41) is 15.3. The van der Waals surface area contributed by atoms with E-state index in [0.717, 1.165) is 29.0 Å². The molecule has 7 nitrogen and oxygen atoms in total. The molecule has 3 unspecified atom stereocenters. The van der Waals surface area contributed by atoms with Gasteiger partial charge in [0.1, 0.15) is 0 Å². The maximum Gasteiger partial charge on any atom is 0.269 e. The molecule has 0 bridgehead atoms. The Hall–Kier alpha value is -3.58. The van der Waals surface area contributed by atoms with Crippen LogP contribution in [0.2, 0.25) is 5.02 Å². The number of para-hydroxylation sites is 1. The van der Waals surface area contributed by atoms with Crippen molar-refractivity contribution in [1.29, 1.82) is 0 Å². The van der Waals surface area contributed by atoms with Gasteiger partial charge in [-0.05, 0) is 42.7 Å². The van der Waals surface area contributed by atoms with Crippen LogP contribution in [0.1, 0.15) is 24.1 Å². The summed E-state index contributed by atoms with van der Waals surface area (Å²) >= 11 is 6.50. The van der Waals surface area contributed by atoms with Crippen LogP contribution >= 0.6 is 11.6 Å². The Bertz CT molecular complexity index is 1250. The average molecular weight is 491 g/mol. The minimum atomic E-state index is -0.381. The molecular weight excluding hydrogens is 464 g/mol. The van der Waals surface area contributed by atoms with Crippen molar-refractivity contribution in [2.75, 3.05) is 29.4 Å². The highest BCUT2D eigenvalue weighted by Crippen LogP contribution is 2.39. The molecule has 1 amide bonds. The molecule has 3 aromatic carbocycles. The monoisotopic (exact) mass is 490 g/mol. The van der Waals surface area contributed by atoms with Crippen molar-refractivity contribution < 1.29 is 9.72 Å². The Morgan fingerprint density at radius 1 is 1.06 bits per heavy atom. The van der Waals surface area contributed by atoms with Gasteiger partial charge >= 0.3 is 0 Å². The van der Waals surface area contributed by atoms with Crippen molar-refractivity contribution in [3.63, 3.8) is 0 Å². The second-order valence-corrected chi connectivity index (χ2v) is 9.59. The van der Waals surface area contributed by atoms with Crippen molar-refractivity contribution in [3.8, 4) is 0 Å². The number of carbonyl (C=O) groups is 1. The number of benzene rings is 3. The molecule has 3 aromatic rings. The molecule has 2 heterocycles. The third-order valence-electron chi connectivity index (χ3n) is 7.09. The van der Waals surface area contributed by atoms with E-state index < -0.39 is 0 Å². The number of rotatable bonds is 5. The molecule has 3 atom stereocenters. The molecule has 0 saturated carbocycles. The van der Waals surface area contributed by atoms with Gasteiger partial charge in [0.05, 0.1) is 33.6 Å². The summed E-state index contributed by atoms with van der Waals surface area (Å²) < 4.78 is 0. The quantitative estimate of drug-likeness (QED) is 0.402. The summed E-state index contributed by atoms with van der Waals surface area (Å²) in [5.41, 5.74) is 3.86. The Balaban J connectivity index is 1.47. The smallest absolute Gasteiger partial charge is 0.269 e. The molecule has 1 N–H and O–H groups in total. The van der Waals surface area contributed by atoms with Crippen LogP contribution in [0.5, 0.6) is 0 Å². The van der Waals surface area contributed by atoms with Gasteiger partial charge in [-0.15, -0.1) is 0 Å². The van der Waals surface area contributed by atoms with Crippen LogP contribution in [-0.2, 0) is 11.2 Å². The van der Waals surface area contributed by atoms with E-state index in [-0.39, 0.29) is 34.5 Å². The molecule has 2 aliphatic heterocycles. The number of amides is 1. The molecule has 0 aromatic heterocycles. The molecule has 0 radical (unpaired) electrons. The molecule has 2 aliphatic rings. The zero-order chi connectivity index (χ0) is 24.5. The molecule has 1 saturated heterocycles. The third-order valence-corrected chi connectivity index (χ3v) is 7.41. The van der Waals surface area contributed by atoms with E-state index in [0.29, 0.717) is 24.5 Å². The summed E-state index contributed by atoms with van der Waals surface area (Å²) in [5.74, 6) is -0.407. The lowest BCUT2D eigenvalue weighted by Gasteiger charge is -2.49. The Morgan fingerprint density at radius 2 is 1.80 bits per heavy atom. The first-order valence-electron chi connectivity index (χ1n) is 11.8. The van der Waals surface area contributed by atoms with E-state index in [1.807, 2.05) is 67.6 Å². The van der Waals surface area contributed by atoms with Crippen molar-refractivity contribution in [3.05, 3.63) is 99.1 Å². The van der Waals surface area contributed by atoms with Crippen LogP contribution in [0.15, 0.2) is 72.8 Å². The second kappa shape index (κ2) is 9.58. The number of hydrogen-bond acceptors (Lipinski definition) is 5. The summed E-state index contributed by atoms with van der Waals surface area (Å²) in [6.07, 6.45) is 0.446. The fourth-order valence-corrected chi connectivity index (χ4v) is 5.55. The topological polar surface area (TPSA) is 78.7 Å². The normalized spacial score (nSPS) is 19.9. The number of anilines is 2. The van der Waals surface area contributed by atoms with Gasteiger partial charge in [-0.2, -0.15) is 0 Å². The summed E-state index contributed by atoms with van der Waals surface area (Å²) in [7, 11) is 0. The van der Waals surface area contributed by atoms with Gasteiger partial charge in [0.25, 0.3) is 5.69 Å². The molecule has 8 heteroatoms. The summed E-state index contributed by atoms with van der Waals surface area (Å²) in [6.45, 7) is 4.05. The number of non-ortho nitro benzene ring substituents is 1. The molecule has 1 fully saturated rings. The lowest BCUT2D eigenvalue weighted by molar-refractivity contribution is -0.384. The Kier molecular flexibility index (Phi) is 6.34. The van der Waals surface area contributed by atoms with Crippen molar-refractivity contribution in [1.82, 2.24) is 5.32 Å². The van der Waals surface area contributed by atoms with Crippen LogP contribution in [-0.4, -0.2) is 36.5 Å². The number of halogens is 1. The minimum Gasteiger partial charge on any atom is -0.366 e. The van der Waals surface area contributed by atoms with Crippen molar-refractivity contribution in [2.45, 2.75) is 25.4 Å². The zero-order valence-corrected chi connectivity index (χ0v) is 20.2. The summed E-state index contributed by atoms with van der Waals surface area (Å²) in [6, 6.07) is 22.4. The van der Waals surface area contributed by atoms with Gasteiger partial charge in [0, 0.05) is 37.5 Å². The van der Waals surface area contributed by atoms with E-state index in [1.54, 1.807) is 12.1 Å². The van der Waals surface area contributed by atoms with E-state index in [4.69, 9.17) is 11.6 Å². The van der Waals surface area contributed by atoms with Crippen LogP contribution in [0, 0.1) is 16.0 Å². The molecule has 0 spiro atoms. The first kappa shape index (κ1) is 23.2. The predicted octanol–water partition coefficient (Wildman–Crippen LogP) is 4.99. The lowest BCUT2D eigenvalue weighted by atomic mass is 9.82. The second-order valence-electron chi connectivity index (χ2n) is 9.18. The number of hydrogen-bond donors (Lipinski definition) is 1. The number of fused-ring (bicyclic) bond motifs is 3. The zero-order valence-electron chi connectivity index (χ0n) is 19.4. The van der Waals surface area contributed by atoms with Gasteiger partial charge in [0.2, 0.25) is 5.91 Å². The van der Waals surface area contributed by atoms with Crippen LogP contribution < -0.4 is 15.1 Å². The molecule has 35 heavy (non-hydrogen) atoms. The van der Waals surface area contributed by atoms with Gasteiger partial charge in [-0.1, -0.05) is 54.1 Å². The van der Waals surface area contributed by atoms with Crippen molar-refractivity contribution >= 4 is 34.6 Å².